The van der Waals surface area contributed by atoms with Crippen molar-refractivity contribution >= 4 is 0 Å². The topological polar surface area (TPSA) is 47.3 Å². The Kier molecular flexibility index (Phi) is 4.32. The van der Waals surface area contributed by atoms with Crippen LogP contribution in [0, 0.1) is 18.6 Å². The first kappa shape index (κ1) is 14.4. The third kappa shape index (κ3) is 2.79. The summed E-state index contributed by atoms with van der Waals surface area (Å²) < 4.78 is 32.5. The largest absolute Gasteiger partial charge is 0.496 e. The van der Waals surface area contributed by atoms with Crippen LogP contribution in [0.1, 0.15) is 22.7 Å². The maximum absolute atomic E-state index is 13.9. The summed E-state index contributed by atoms with van der Waals surface area (Å²) in [6, 6.07) is 8.04. The second-order valence-corrected chi connectivity index (χ2v) is 4.51. The highest BCUT2D eigenvalue weighted by Crippen LogP contribution is 2.31. The minimum atomic E-state index is -0.693. The van der Waals surface area contributed by atoms with E-state index in [9.17, 15) is 8.78 Å². The predicted octanol–water partition coefficient (Wildman–Crippen LogP) is 2.83. The first-order valence-electron chi connectivity index (χ1n) is 6.12. The lowest BCUT2D eigenvalue weighted by atomic mass is 9.97. The lowest BCUT2D eigenvalue weighted by Gasteiger charge is -2.20. The van der Waals surface area contributed by atoms with E-state index in [1.54, 1.807) is 6.07 Å². The number of ether oxygens (including phenoxy) is 1. The first-order chi connectivity index (χ1) is 9.56. The maximum Gasteiger partial charge on any atom is 0.128 e. The Bertz CT molecular complexity index is 617. The van der Waals surface area contributed by atoms with Gasteiger partial charge in [-0.1, -0.05) is 12.1 Å². The van der Waals surface area contributed by atoms with E-state index in [1.807, 2.05) is 19.1 Å². The molecule has 0 radical (unpaired) electrons. The van der Waals surface area contributed by atoms with E-state index in [-0.39, 0.29) is 5.56 Å². The van der Waals surface area contributed by atoms with Crippen LogP contribution < -0.4 is 16.0 Å². The summed E-state index contributed by atoms with van der Waals surface area (Å²) in [6.07, 6.45) is 0. The lowest BCUT2D eigenvalue weighted by molar-refractivity contribution is 0.402. The van der Waals surface area contributed by atoms with Gasteiger partial charge in [0, 0.05) is 11.1 Å². The predicted molar refractivity (Wildman–Crippen MR) is 73.3 cm³/mol. The molecule has 0 saturated heterocycles. The number of aryl methyl sites for hydroxylation is 1. The van der Waals surface area contributed by atoms with Gasteiger partial charge in [-0.05, 0) is 36.8 Å². The van der Waals surface area contributed by atoms with Crippen molar-refractivity contribution in [1.82, 2.24) is 5.43 Å². The van der Waals surface area contributed by atoms with Crippen LogP contribution in [0.4, 0.5) is 8.78 Å². The van der Waals surface area contributed by atoms with Gasteiger partial charge in [0.25, 0.3) is 0 Å². The summed E-state index contributed by atoms with van der Waals surface area (Å²) in [5, 5.41) is 0. The fraction of sp³-hybridized carbons (Fsp3) is 0.200. The van der Waals surface area contributed by atoms with Crippen molar-refractivity contribution < 1.29 is 13.5 Å². The van der Waals surface area contributed by atoms with Crippen LogP contribution in [0.3, 0.4) is 0 Å². The zero-order chi connectivity index (χ0) is 14.7. The van der Waals surface area contributed by atoms with Gasteiger partial charge in [-0.15, -0.1) is 0 Å². The molecule has 0 aliphatic carbocycles. The molecule has 3 N–H and O–H groups in total. The average molecular weight is 278 g/mol. The number of methoxy groups -OCH3 is 1. The highest BCUT2D eigenvalue weighted by atomic mass is 19.1. The Balaban J connectivity index is 2.55. The molecule has 2 rings (SSSR count). The molecule has 5 heteroatoms. The summed E-state index contributed by atoms with van der Waals surface area (Å²) in [5.41, 5.74) is 4.29. The van der Waals surface area contributed by atoms with Gasteiger partial charge in [-0.3, -0.25) is 5.84 Å². The molecule has 0 aromatic heterocycles. The number of hydrogen-bond donors (Lipinski definition) is 2. The standard InChI is InChI=1S/C15H16F2N2O/c1-9-3-5-11(14(7-9)20-2)15(19-18)12-8-10(16)4-6-13(12)17/h3-8,15,19H,18H2,1-2H3. The molecular weight excluding hydrogens is 262 g/mol. The van der Waals surface area contributed by atoms with E-state index in [4.69, 9.17) is 10.6 Å². The highest BCUT2D eigenvalue weighted by molar-refractivity contribution is 5.44. The molecule has 0 aliphatic rings. The normalized spacial score (nSPS) is 12.2. The smallest absolute Gasteiger partial charge is 0.128 e. The Morgan fingerprint density at radius 2 is 1.85 bits per heavy atom. The zero-order valence-corrected chi connectivity index (χ0v) is 11.3. The fourth-order valence-electron chi connectivity index (χ4n) is 2.14. The number of benzene rings is 2. The molecule has 0 saturated carbocycles. The molecule has 2 aromatic rings. The van der Waals surface area contributed by atoms with E-state index in [1.165, 1.54) is 7.11 Å². The molecule has 1 atom stereocenters. The van der Waals surface area contributed by atoms with Gasteiger partial charge < -0.3 is 4.74 Å². The monoisotopic (exact) mass is 278 g/mol. The summed E-state index contributed by atoms with van der Waals surface area (Å²) in [5.74, 6) is 5.04. The molecule has 3 nitrogen and oxygen atoms in total. The lowest BCUT2D eigenvalue weighted by Crippen LogP contribution is -2.30. The third-order valence-corrected chi connectivity index (χ3v) is 3.14. The molecular formula is C15H16F2N2O. The molecule has 0 bridgehead atoms. The SMILES string of the molecule is COc1cc(C)ccc1C(NN)c1cc(F)ccc1F. The van der Waals surface area contributed by atoms with Gasteiger partial charge in [0.1, 0.15) is 17.4 Å². The Hall–Kier alpha value is -1.98. The molecule has 106 valence electrons. The van der Waals surface area contributed by atoms with Crippen LogP contribution >= 0.6 is 0 Å². The van der Waals surface area contributed by atoms with Crippen LogP contribution in [-0.4, -0.2) is 7.11 Å². The van der Waals surface area contributed by atoms with Crippen molar-refractivity contribution in [2.75, 3.05) is 7.11 Å². The van der Waals surface area contributed by atoms with Crippen molar-refractivity contribution in [2.24, 2.45) is 5.84 Å². The van der Waals surface area contributed by atoms with E-state index < -0.39 is 17.7 Å². The fourth-order valence-corrected chi connectivity index (χ4v) is 2.14. The second kappa shape index (κ2) is 5.98. The number of rotatable bonds is 4. The minimum absolute atomic E-state index is 0.134. The number of hydrogen-bond acceptors (Lipinski definition) is 3. The molecule has 0 fully saturated rings. The Morgan fingerprint density at radius 3 is 2.50 bits per heavy atom. The molecule has 0 amide bonds. The number of halogens is 2. The number of hydrazine groups is 1. The van der Waals surface area contributed by atoms with Crippen molar-refractivity contribution in [3.05, 3.63) is 64.7 Å². The van der Waals surface area contributed by atoms with Crippen molar-refractivity contribution in [2.45, 2.75) is 13.0 Å². The summed E-state index contributed by atoms with van der Waals surface area (Å²) >= 11 is 0. The van der Waals surface area contributed by atoms with Crippen molar-refractivity contribution in [3.63, 3.8) is 0 Å². The van der Waals surface area contributed by atoms with Gasteiger partial charge in [0.2, 0.25) is 0 Å². The van der Waals surface area contributed by atoms with E-state index in [2.05, 4.69) is 5.43 Å². The molecule has 0 spiro atoms. The quantitative estimate of drug-likeness (QED) is 0.668. The molecule has 2 aromatic carbocycles. The minimum Gasteiger partial charge on any atom is -0.496 e. The van der Waals surface area contributed by atoms with Crippen LogP contribution in [-0.2, 0) is 0 Å². The van der Waals surface area contributed by atoms with Crippen LogP contribution in [0.15, 0.2) is 36.4 Å². The van der Waals surface area contributed by atoms with Gasteiger partial charge in [-0.25, -0.2) is 14.2 Å². The van der Waals surface area contributed by atoms with Crippen LogP contribution in [0.2, 0.25) is 0 Å². The summed E-state index contributed by atoms with van der Waals surface area (Å²) in [6.45, 7) is 1.92. The highest BCUT2D eigenvalue weighted by Gasteiger charge is 2.20. The molecule has 20 heavy (non-hydrogen) atoms. The Morgan fingerprint density at radius 1 is 1.10 bits per heavy atom. The van der Waals surface area contributed by atoms with Gasteiger partial charge in [-0.2, -0.15) is 0 Å². The van der Waals surface area contributed by atoms with Crippen LogP contribution in [0.25, 0.3) is 0 Å². The van der Waals surface area contributed by atoms with Crippen molar-refractivity contribution in [3.8, 4) is 5.75 Å². The second-order valence-electron chi connectivity index (χ2n) is 4.51. The van der Waals surface area contributed by atoms with Gasteiger partial charge >= 0.3 is 0 Å². The van der Waals surface area contributed by atoms with E-state index >= 15 is 0 Å². The van der Waals surface area contributed by atoms with E-state index in [0.29, 0.717) is 11.3 Å². The first-order valence-corrected chi connectivity index (χ1v) is 6.12. The third-order valence-electron chi connectivity index (χ3n) is 3.14. The molecule has 0 aliphatic heterocycles. The zero-order valence-electron chi connectivity index (χ0n) is 11.3. The van der Waals surface area contributed by atoms with Crippen molar-refractivity contribution in [1.29, 1.82) is 0 Å². The maximum atomic E-state index is 13.9. The Labute approximate surface area is 116 Å². The molecule has 0 heterocycles. The average Bonchev–Trinajstić information content (AvgIpc) is 2.44. The van der Waals surface area contributed by atoms with E-state index in [0.717, 1.165) is 23.8 Å². The summed E-state index contributed by atoms with van der Waals surface area (Å²) in [4.78, 5) is 0. The number of nitrogens with two attached hydrogens (primary N) is 1. The van der Waals surface area contributed by atoms with Gasteiger partial charge in [0.05, 0.1) is 13.2 Å². The van der Waals surface area contributed by atoms with Gasteiger partial charge in [0.15, 0.2) is 0 Å². The summed E-state index contributed by atoms with van der Waals surface area (Å²) in [7, 11) is 1.52. The van der Waals surface area contributed by atoms with Crippen LogP contribution in [0.5, 0.6) is 5.75 Å². The number of nitrogens with one attached hydrogen (secondary N) is 1. The molecule has 1 unspecified atom stereocenters.